The molecule has 2 aromatic heterocycles. The molecule has 1 aliphatic carbocycles. The summed E-state index contributed by atoms with van der Waals surface area (Å²) in [6.07, 6.45) is 6.61. The molecule has 1 aliphatic heterocycles. The largest absolute Gasteiger partial charge is 0.391 e. The van der Waals surface area contributed by atoms with Crippen molar-refractivity contribution in [1.82, 2.24) is 15.0 Å². The molecule has 0 radical (unpaired) electrons. The molecule has 1 saturated carbocycles. The highest BCUT2D eigenvalue weighted by Crippen LogP contribution is 2.46. The van der Waals surface area contributed by atoms with E-state index in [1.165, 1.54) is 11.8 Å². The molecule has 10 heteroatoms. The molecule has 0 aromatic carbocycles. The number of aliphatic hydroxyl groups is 1. The fourth-order valence-corrected chi connectivity index (χ4v) is 5.21. The molecule has 1 saturated heterocycles. The van der Waals surface area contributed by atoms with Gasteiger partial charge in [0.25, 0.3) is 0 Å². The van der Waals surface area contributed by atoms with Gasteiger partial charge in [-0.3, -0.25) is 0 Å². The molecule has 7 N–H and O–H groups in total. The molecule has 3 heterocycles. The van der Waals surface area contributed by atoms with Crippen molar-refractivity contribution in [3.05, 3.63) is 23.5 Å². The molecule has 4 rings (SSSR count). The molecule has 0 amide bonds. The van der Waals surface area contributed by atoms with E-state index in [0.717, 1.165) is 49.5 Å². The number of hydrogen-bond donors (Lipinski definition) is 4. The Morgan fingerprint density at radius 2 is 1.93 bits per heavy atom. The zero-order valence-corrected chi connectivity index (χ0v) is 17.0. The van der Waals surface area contributed by atoms with E-state index in [4.69, 9.17) is 28.8 Å². The number of anilines is 3. The minimum atomic E-state index is -0.382. The summed E-state index contributed by atoms with van der Waals surface area (Å²) in [5.74, 6) is 1.37. The van der Waals surface area contributed by atoms with E-state index in [9.17, 15) is 5.11 Å². The van der Waals surface area contributed by atoms with E-state index in [2.05, 4.69) is 19.9 Å². The van der Waals surface area contributed by atoms with Crippen LogP contribution in [0.25, 0.3) is 0 Å². The fraction of sp³-hybridized carbons (Fsp3) is 0.500. The van der Waals surface area contributed by atoms with Crippen molar-refractivity contribution in [2.75, 3.05) is 29.5 Å². The second-order valence-corrected chi connectivity index (χ2v) is 8.92. The number of piperidine rings is 1. The van der Waals surface area contributed by atoms with E-state index >= 15 is 0 Å². The summed E-state index contributed by atoms with van der Waals surface area (Å²) in [5.41, 5.74) is 18.2. The van der Waals surface area contributed by atoms with Crippen LogP contribution in [0.3, 0.4) is 0 Å². The van der Waals surface area contributed by atoms with Crippen LogP contribution in [-0.2, 0) is 0 Å². The van der Waals surface area contributed by atoms with Crippen LogP contribution in [0.1, 0.15) is 25.7 Å². The standard InChI is InChI=1S/C18H24ClN7OS/c19-13-11(2-6-23-15(13)21)28-17-16(22)25-12(9-24-17)26-7-4-18(5-8-26)3-1-10(27)14(18)20/h2,6,9-10,14,27H,1,3-5,7-8,20H2,(H2,21,23)(H2,22,25)/t10-,14+/m0/s1. The number of nitrogen functional groups attached to an aromatic ring is 2. The van der Waals surface area contributed by atoms with Crippen molar-refractivity contribution < 1.29 is 5.11 Å². The lowest BCUT2D eigenvalue weighted by Gasteiger charge is -2.42. The Hall–Kier alpha value is -1.81. The number of pyridine rings is 1. The fourth-order valence-electron chi connectivity index (χ4n) is 4.19. The van der Waals surface area contributed by atoms with Gasteiger partial charge in [-0.15, -0.1) is 0 Å². The molecule has 28 heavy (non-hydrogen) atoms. The van der Waals surface area contributed by atoms with Crippen LogP contribution in [0.5, 0.6) is 0 Å². The first-order chi connectivity index (χ1) is 13.4. The van der Waals surface area contributed by atoms with Crippen LogP contribution in [0.4, 0.5) is 17.5 Å². The normalized spacial score (nSPS) is 24.0. The highest BCUT2D eigenvalue weighted by molar-refractivity contribution is 7.99. The van der Waals surface area contributed by atoms with Crippen LogP contribution in [0.15, 0.2) is 28.4 Å². The lowest BCUT2D eigenvalue weighted by molar-refractivity contribution is 0.113. The third-order valence-corrected chi connectivity index (χ3v) is 7.56. The van der Waals surface area contributed by atoms with Crippen molar-refractivity contribution in [1.29, 1.82) is 0 Å². The van der Waals surface area contributed by atoms with Gasteiger partial charge in [0.05, 0.1) is 17.3 Å². The summed E-state index contributed by atoms with van der Waals surface area (Å²) in [6.45, 7) is 1.65. The topological polar surface area (TPSA) is 140 Å². The average Bonchev–Trinajstić information content (AvgIpc) is 2.96. The number of nitrogens with zero attached hydrogens (tertiary/aromatic N) is 4. The number of aliphatic hydroxyl groups excluding tert-OH is 1. The predicted octanol–water partition coefficient (Wildman–Crippen LogP) is 1.91. The summed E-state index contributed by atoms with van der Waals surface area (Å²) in [7, 11) is 0. The summed E-state index contributed by atoms with van der Waals surface area (Å²) < 4.78 is 0. The van der Waals surface area contributed by atoms with Gasteiger partial charge in [-0.2, -0.15) is 0 Å². The van der Waals surface area contributed by atoms with Crippen molar-refractivity contribution >= 4 is 40.8 Å². The Labute approximate surface area is 172 Å². The van der Waals surface area contributed by atoms with Gasteiger partial charge < -0.3 is 27.2 Å². The van der Waals surface area contributed by atoms with Crippen molar-refractivity contribution in [3.63, 3.8) is 0 Å². The number of nitrogens with two attached hydrogens (primary N) is 3. The van der Waals surface area contributed by atoms with Crippen LogP contribution in [-0.4, -0.2) is 45.3 Å². The summed E-state index contributed by atoms with van der Waals surface area (Å²) in [4.78, 5) is 15.9. The monoisotopic (exact) mass is 421 g/mol. The molecular weight excluding hydrogens is 398 g/mol. The van der Waals surface area contributed by atoms with Gasteiger partial charge in [0, 0.05) is 30.2 Å². The SMILES string of the molecule is Nc1nc(N2CCC3(CC[C@H](O)[C@H]3N)CC2)cnc1Sc1ccnc(N)c1Cl. The maximum atomic E-state index is 10.0. The quantitative estimate of drug-likeness (QED) is 0.584. The van der Waals surface area contributed by atoms with Gasteiger partial charge in [-0.05, 0) is 37.2 Å². The molecular formula is C18H24ClN7OS. The molecule has 2 aliphatic rings. The first kappa shape index (κ1) is 19.5. The molecule has 8 nitrogen and oxygen atoms in total. The molecule has 0 bridgehead atoms. The van der Waals surface area contributed by atoms with Gasteiger partial charge in [0.2, 0.25) is 0 Å². The van der Waals surface area contributed by atoms with Gasteiger partial charge in [0.15, 0.2) is 5.82 Å². The zero-order valence-electron chi connectivity index (χ0n) is 15.4. The maximum absolute atomic E-state index is 10.0. The van der Waals surface area contributed by atoms with E-state index < -0.39 is 0 Å². The number of aromatic nitrogens is 3. The Morgan fingerprint density at radius 3 is 2.57 bits per heavy atom. The highest BCUT2D eigenvalue weighted by atomic mass is 35.5. The van der Waals surface area contributed by atoms with Crippen LogP contribution < -0.4 is 22.1 Å². The minimum absolute atomic E-state index is 0.0444. The van der Waals surface area contributed by atoms with Crippen molar-refractivity contribution in [3.8, 4) is 0 Å². The van der Waals surface area contributed by atoms with Gasteiger partial charge in [-0.1, -0.05) is 23.4 Å². The predicted molar refractivity (Wildman–Crippen MR) is 111 cm³/mol. The van der Waals surface area contributed by atoms with Crippen LogP contribution in [0.2, 0.25) is 5.02 Å². The highest BCUT2D eigenvalue weighted by Gasteiger charge is 2.47. The van der Waals surface area contributed by atoms with Crippen LogP contribution in [0, 0.1) is 5.41 Å². The second-order valence-electron chi connectivity index (χ2n) is 7.51. The molecule has 2 fully saturated rings. The Morgan fingerprint density at radius 1 is 1.18 bits per heavy atom. The first-order valence-corrected chi connectivity index (χ1v) is 10.5. The summed E-state index contributed by atoms with van der Waals surface area (Å²) >= 11 is 7.51. The Bertz CT molecular complexity index is 875. The molecule has 0 unspecified atom stereocenters. The smallest absolute Gasteiger partial charge is 0.158 e. The minimum Gasteiger partial charge on any atom is -0.391 e. The molecule has 2 aromatic rings. The number of hydrogen-bond acceptors (Lipinski definition) is 9. The maximum Gasteiger partial charge on any atom is 0.158 e. The summed E-state index contributed by atoms with van der Waals surface area (Å²) in [6, 6.07) is 1.63. The van der Waals surface area contributed by atoms with E-state index in [1.807, 2.05) is 0 Å². The van der Waals surface area contributed by atoms with E-state index in [0.29, 0.717) is 15.9 Å². The van der Waals surface area contributed by atoms with Gasteiger partial charge in [-0.25, -0.2) is 15.0 Å². The van der Waals surface area contributed by atoms with E-state index in [-0.39, 0.29) is 23.4 Å². The average molecular weight is 422 g/mol. The number of rotatable bonds is 3. The van der Waals surface area contributed by atoms with Gasteiger partial charge in [0.1, 0.15) is 16.7 Å². The number of halogens is 1. The lowest BCUT2D eigenvalue weighted by atomic mass is 9.74. The Kier molecular flexibility index (Phi) is 5.26. The third kappa shape index (κ3) is 3.47. The second kappa shape index (κ2) is 7.55. The molecule has 1 spiro atoms. The van der Waals surface area contributed by atoms with E-state index in [1.54, 1.807) is 18.5 Å². The summed E-state index contributed by atoms with van der Waals surface area (Å²) in [5, 5.41) is 11.0. The Balaban J connectivity index is 1.46. The zero-order chi connectivity index (χ0) is 19.9. The van der Waals surface area contributed by atoms with Crippen LogP contribution >= 0.6 is 23.4 Å². The van der Waals surface area contributed by atoms with Crippen molar-refractivity contribution in [2.24, 2.45) is 11.1 Å². The molecule has 2 atom stereocenters. The first-order valence-electron chi connectivity index (χ1n) is 9.28. The molecule has 150 valence electrons. The van der Waals surface area contributed by atoms with Gasteiger partial charge >= 0.3 is 0 Å². The third-order valence-electron chi connectivity index (χ3n) is 5.98. The van der Waals surface area contributed by atoms with Crippen molar-refractivity contribution in [2.45, 2.75) is 47.8 Å². The lowest BCUT2D eigenvalue weighted by Crippen LogP contribution is -2.50.